The summed E-state index contributed by atoms with van der Waals surface area (Å²) in [4.78, 5) is 6.48. The first-order chi connectivity index (χ1) is 12.1. The Morgan fingerprint density at radius 1 is 1.20 bits per heavy atom. The van der Waals surface area contributed by atoms with Crippen molar-refractivity contribution in [1.82, 2.24) is 9.88 Å². The van der Waals surface area contributed by atoms with E-state index < -0.39 is 0 Å². The van der Waals surface area contributed by atoms with Gasteiger partial charge in [-0.2, -0.15) is 0 Å². The summed E-state index contributed by atoms with van der Waals surface area (Å²) >= 11 is 0. The molecule has 25 heavy (non-hydrogen) atoms. The maximum atomic E-state index is 12.9. The fraction of sp³-hybridized carbons (Fsp3) is 0.381. The van der Waals surface area contributed by atoms with E-state index in [4.69, 9.17) is 4.74 Å². The van der Waals surface area contributed by atoms with Gasteiger partial charge in [0.1, 0.15) is 17.3 Å². The molecule has 3 nitrogen and oxygen atoms in total. The maximum absolute atomic E-state index is 12.9. The van der Waals surface area contributed by atoms with E-state index in [2.05, 4.69) is 40.8 Å². The molecule has 1 saturated heterocycles. The van der Waals surface area contributed by atoms with Gasteiger partial charge in [-0.3, -0.25) is 4.90 Å². The summed E-state index contributed by atoms with van der Waals surface area (Å²) in [5.41, 5.74) is 1.91. The lowest BCUT2D eigenvalue weighted by Crippen LogP contribution is -2.40. The fourth-order valence-electron chi connectivity index (χ4n) is 3.11. The molecule has 0 radical (unpaired) electrons. The van der Waals surface area contributed by atoms with Crippen molar-refractivity contribution in [3.05, 3.63) is 59.7 Å². The number of benzene rings is 1. The SMILES string of the molecule is COc1ccc(CN2CC(C#Cc3ccc(F)cn3)CCC2C)cc1. The van der Waals surface area contributed by atoms with Gasteiger partial charge in [0.2, 0.25) is 0 Å². The Hall–Kier alpha value is -2.38. The molecule has 1 aliphatic heterocycles. The number of rotatable bonds is 3. The highest BCUT2D eigenvalue weighted by Crippen LogP contribution is 2.24. The Morgan fingerprint density at radius 2 is 2.00 bits per heavy atom. The fourth-order valence-corrected chi connectivity index (χ4v) is 3.11. The summed E-state index contributed by atoms with van der Waals surface area (Å²) in [6.45, 7) is 4.13. The molecule has 0 amide bonds. The topological polar surface area (TPSA) is 25.4 Å². The van der Waals surface area contributed by atoms with E-state index in [0.29, 0.717) is 17.7 Å². The first-order valence-electron chi connectivity index (χ1n) is 8.64. The molecule has 4 heteroatoms. The summed E-state index contributed by atoms with van der Waals surface area (Å²) in [5.74, 6) is 7.27. The van der Waals surface area contributed by atoms with Crippen LogP contribution >= 0.6 is 0 Å². The van der Waals surface area contributed by atoms with Gasteiger partial charge in [0.15, 0.2) is 0 Å². The normalized spacial score (nSPS) is 20.6. The van der Waals surface area contributed by atoms with Crippen LogP contribution in [0.15, 0.2) is 42.6 Å². The molecule has 0 N–H and O–H groups in total. The Balaban J connectivity index is 1.63. The van der Waals surface area contributed by atoms with Gasteiger partial charge in [-0.05, 0) is 55.5 Å². The summed E-state index contributed by atoms with van der Waals surface area (Å²) in [6, 6.07) is 11.8. The minimum atomic E-state index is -0.331. The van der Waals surface area contributed by atoms with Crippen molar-refractivity contribution in [3.63, 3.8) is 0 Å². The quantitative estimate of drug-likeness (QED) is 0.794. The molecule has 0 aliphatic carbocycles. The zero-order chi connectivity index (χ0) is 17.6. The molecule has 0 bridgehead atoms. The van der Waals surface area contributed by atoms with Gasteiger partial charge in [0.25, 0.3) is 0 Å². The molecular formula is C21H23FN2O. The largest absolute Gasteiger partial charge is 0.497 e. The van der Waals surface area contributed by atoms with Crippen LogP contribution in [0.25, 0.3) is 0 Å². The second-order valence-electron chi connectivity index (χ2n) is 6.53. The minimum absolute atomic E-state index is 0.321. The molecule has 1 aromatic heterocycles. The first kappa shape index (κ1) is 17.4. The zero-order valence-electron chi connectivity index (χ0n) is 14.7. The van der Waals surface area contributed by atoms with E-state index >= 15 is 0 Å². The molecule has 2 heterocycles. The highest BCUT2D eigenvalue weighted by molar-refractivity contribution is 5.29. The Kier molecular flexibility index (Phi) is 5.67. The van der Waals surface area contributed by atoms with Gasteiger partial charge < -0.3 is 4.74 Å². The number of ether oxygens (including phenoxy) is 1. The van der Waals surface area contributed by atoms with E-state index in [1.807, 2.05) is 12.1 Å². The van der Waals surface area contributed by atoms with Crippen molar-refractivity contribution in [2.24, 2.45) is 5.92 Å². The number of likely N-dealkylation sites (tertiary alicyclic amines) is 1. The second kappa shape index (κ2) is 8.13. The van der Waals surface area contributed by atoms with Gasteiger partial charge >= 0.3 is 0 Å². The number of aromatic nitrogens is 1. The van der Waals surface area contributed by atoms with Crippen LogP contribution in [0.5, 0.6) is 5.75 Å². The zero-order valence-corrected chi connectivity index (χ0v) is 14.7. The van der Waals surface area contributed by atoms with E-state index in [1.165, 1.54) is 17.8 Å². The van der Waals surface area contributed by atoms with E-state index in [1.54, 1.807) is 13.2 Å². The van der Waals surface area contributed by atoms with Gasteiger partial charge in [0.05, 0.1) is 13.3 Å². The minimum Gasteiger partial charge on any atom is -0.497 e. The monoisotopic (exact) mass is 338 g/mol. The molecule has 1 aliphatic rings. The number of piperidine rings is 1. The smallest absolute Gasteiger partial charge is 0.141 e. The first-order valence-corrected chi connectivity index (χ1v) is 8.64. The third kappa shape index (κ3) is 4.80. The van der Waals surface area contributed by atoms with Gasteiger partial charge in [-0.1, -0.05) is 18.1 Å². The Bertz CT molecular complexity index is 746. The van der Waals surface area contributed by atoms with Crippen LogP contribution in [0.2, 0.25) is 0 Å². The maximum Gasteiger partial charge on any atom is 0.141 e. The van der Waals surface area contributed by atoms with E-state index in [9.17, 15) is 4.39 Å². The van der Waals surface area contributed by atoms with E-state index in [-0.39, 0.29) is 5.82 Å². The molecule has 0 spiro atoms. The van der Waals surface area contributed by atoms with Crippen molar-refractivity contribution in [2.45, 2.75) is 32.4 Å². The molecule has 2 unspecified atom stereocenters. The van der Waals surface area contributed by atoms with E-state index in [0.717, 1.165) is 31.7 Å². The number of hydrogen-bond acceptors (Lipinski definition) is 3. The number of nitrogens with zero attached hydrogens (tertiary/aromatic N) is 2. The molecule has 2 aromatic rings. The van der Waals surface area contributed by atoms with Crippen LogP contribution in [0.4, 0.5) is 4.39 Å². The van der Waals surface area contributed by atoms with Gasteiger partial charge in [0, 0.05) is 25.0 Å². The predicted molar refractivity (Wildman–Crippen MR) is 96.7 cm³/mol. The molecule has 0 saturated carbocycles. The van der Waals surface area contributed by atoms with Crippen molar-refractivity contribution in [3.8, 4) is 17.6 Å². The third-order valence-corrected chi connectivity index (χ3v) is 4.69. The molecule has 3 rings (SSSR count). The summed E-state index contributed by atoms with van der Waals surface area (Å²) in [6.07, 6.45) is 3.43. The number of hydrogen-bond donors (Lipinski definition) is 0. The van der Waals surface area contributed by atoms with Crippen LogP contribution in [0.1, 0.15) is 31.0 Å². The highest BCUT2D eigenvalue weighted by atomic mass is 19.1. The molecule has 1 fully saturated rings. The van der Waals surface area contributed by atoms with Gasteiger partial charge in [-0.25, -0.2) is 9.37 Å². The van der Waals surface area contributed by atoms with Crippen molar-refractivity contribution in [2.75, 3.05) is 13.7 Å². The van der Waals surface area contributed by atoms with Crippen LogP contribution in [-0.4, -0.2) is 29.6 Å². The molecule has 2 atom stereocenters. The van der Waals surface area contributed by atoms with Crippen molar-refractivity contribution < 1.29 is 9.13 Å². The van der Waals surface area contributed by atoms with Crippen LogP contribution < -0.4 is 4.74 Å². The van der Waals surface area contributed by atoms with Crippen molar-refractivity contribution >= 4 is 0 Å². The summed E-state index contributed by atoms with van der Waals surface area (Å²) in [5, 5.41) is 0. The van der Waals surface area contributed by atoms with Crippen LogP contribution in [0.3, 0.4) is 0 Å². The number of pyridine rings is 1. The standard InChI is InChI=1S/C21H23FN2O/c1-16-3-4-17(5-9-20-10-8-19(22)13-23-20)14-24(16)15-18-6-11-21(25-2)12-7-18/h6-8,10-13,16-17H,3-4,14-15H2,1-2H3. The molecule has 1 aromatic carbocycles. The third-order valence-electron chi connectivity index (χ3n) is 4.69. The lowest BCUT2D eigenvalue weighted by atomic mass is 9.93. The molecule has 130 valence electrons. The Morgan fingerprint density at radius 3 is 2.68 bits per heavy atom. The second-order valence-corrected chi connectivity index (χ2v) is 6.53. The van der Waals surface area contributed by atoms with Crippen molar-refractivity contribution in [1.29, 1.82) is 0 Å². The summed E-state index contributed by atoms with van der Waals surface area (Å²) < 4.78 is 18.1. The number of methoxy groups -OCH3 is 1. The highest BCUT2D eigenvalue weighted by Gasteiger charge is 2.24. The van der Waals surface area contributed by atoms with Gasteiger partial charge in [-0.15, -0.1) is 0 Å². The number of halogens is 1. The average Bonchev–Trinajstić information content (AvgIpc) is 2.64. The van der Waals surface area contributed by atoms with Crippen LogP contribution in [-0.2, 0) is 6.54 Å². The molecular weight excluding hydrogens is 315 g/mol. The average molecular weight is 338 g/mol. The lowest BCUT2D eigenvalue weighted by Gasteiger charge is -2.36. The predicted octanol–water partition coefficient (Wildman–Crippen LogP) is 3.88. The Labute approximate surface area is 148 Å². The lowest BCUT2D eigenvalue weighted by molar-refractivity contribution is 0.130. The van der Waals surface area contributed by atoms with Crippen LogP contribution in [0, 0.1) is 23.6 Å². The summed E-state index contributed by atoms with van der Waals surface area (Å²) in [7, 11) is 1.68.